The van der Waals surface area contributed by atoms with Crippen LogP contribution in [0.4, 0.5) is 8.78 Å². The molecule has 1 fully saturated rings. The minimum atomic E-state index is -0.606. The summed E-state index contributed by atoms with van der Waals surface area (Å²) in [6.07, 6.45) is 7.79. The van der Waals surface area contributed by atoms with E-state index in [1.54, 1.807) is 23.4 Å². The van der Waals surface area contributed by atoms with Crippen LogP contribution >= 0.6 is 0 Å². The van der Waals surface area contributed by atoms with E-state index in [9.17, 15) is 13.6 Å². The molecule has 3 heterocycles. The van der Waals surface area contributed by atoms with Crippen molar-refractivity contribution in [1.82, 2.24) is 19.4 Å². The van der Waals surface area contributed by atoms with Crippen LogP contribution < -0.4 is 0 Å². The Kier molecular flexibility index (Phi) is 4.66. The average Bonchev–Trinajstić information content (AvgIpc) is 3.19. The number of piperidine rings is 1. The van der Waals surface area contributed by atoms with E-state index < -0.39 is 5.82 Å². The van der Waals surface area contributed by atoms with Gasteiger partial charge in [0, 0.05) is 37.1 Å². The highest BCUT2D eigenvalue weighted by atomic mass is 19.1. The first-order chi connectivity index (χ1) is 13.1. The van der Waals surface area contributed by atoms with Crippen molar-refractivity contribution in [3.05, 3.63) is 78.1 Å². The summed E-state index contributed by atoms with van der Waals surface area (Å²) in [6.45, 7) is 1.08. The van der Waals surface area contributed by atoms with Gasteiger partial charge in [0.05, 0.1) is 23.8 Å². The number of amides is 1. The zero-order valence-electron chi connectivity index (χ0n) is 14.6. The predicted molar refractivity (Wildman–Crippen MR) is 95.6 cm³/mol. The van der Waals surface area contributed by atoms with E-state index in [1.807, 2.05) is 10.8 Å². The van der Waals surface area contributed by atoms with Crippen LogP contribution in [0.3, 0.4) is 0 Å². The molecule has 0 aliphatic carbocycles. The van der Waals surface area contributed by atoms with Crippen LogP contribution in [0.1, 0.15) is 34.8 Å². The number of carbonyl (C=O) groups excluding carboxylic acids is 1. The van der Waals surface area contributed by atoms with Gasteiger partial charge in [0.25, 0.3) is 5.91 Å². The van der Waals surface area contributed by atoms with Gasteiger partial charge in [0.2, 0.25) is 0 Å². The summed E-state index contributed by atoms with van der Waals surface area (Å²) in [5, 5.41) is 0. The minimum Gasteiger partial charge on any atom is -0.338 e. The first kappa shape index (κ1) is 17.3. The van der Waals surface area contributed by atoms with Gasteiger partial charge in [-0.15, -0.1) is 0 Å². The molecule has 1 saturated heterocycles. The molecule has 4 rings (SSSR count). The lowest BCUT2D eigenvalue weighted by Crippen LogP contribution is -2.39. The molecule has 0 saturated carbocycles. The maximum Gasteiger partial charge on any atom is 0.256 e. The molecule has 0 N–H and O–H groups in total. The van der Waals surface area contributed by atoms with Crippen LogP contribution in [0, 0.1) is 11.6 Å². The van der Waals surface area contributed by atoms with E-state index in [0.29, 0.717) is 13.1 Å². The molecular weight excluding hydrogens is 350 g/mol. The van der Waals surface area contributed by atoms with Crippen molar-refractivity contribution in [3.63, 3.8) is 0 Å². The molecule has 1 atom stereocenters. The number of pyridine rings is 1. The summed E-state index contributed by atoms with van der Waals surface area (Å²) in [5.41, 5.74) is 1.73. The van der Waals surface area contributed by atoms with Crippen LogP contribution in [0.5, 0.6) is 0 Å². The molecule has 0 spiro atoms. The van der Waals surface area contributed by atoms with Crippen molar-refractivity contribution in [3.8, 4) is 5.69 Å². The summed E-state index contributed by atoms with van der Waals surface area (Å²) < 4.78 is 28.8. The molecule has 7 heteroatoms. The number of hydrogen-bond acceptors (Lipinski definition) is 3. The maximum absolute atomic E-state index is 13.9. The van der Waals surface area contributed by atoms with E-state index in [4.69, 9.17) is 0 Å². The second kappa shape index (κ2) is 7.26. The third-order valence-corrected chi connectivity index (χ3v) is 4.86. The molecule has 0 unspecified atom stereocenters. The van der Waals surface area contributed by atoms with Crippen LogP contribution in [-0.2, 0) is 0 Å². The Morgan fingerprint density at radius 1 is 1.15 bits per heavy atom. The summed E-state index contributed by atoms with van der Waals surface area (Å²) in [4.78, 5) is 22.5. The predicted octanol–water partition coefficient (Wildman–Crippen LogP) is 3.57. The lowest BCUT2D eigenvalue weighted by Gasteiger charge is -2.32. The Labute approximate surface area is 155 Å². The fourth-order valence-corrected chi connectivity index (χ4v) is 3.43. The van der Waals surface area contributed by atoms with E-state index >= 15 is 0 Å². The summed E-state index contributed by atoms with van der Waals surface area (Å²) in [5.74, 6) is -1.14. The molecular formula is C20H18F2N4O. The van der Waals surface area contributed by atoms with Crippen LogP contribution in [0.15, 0.2) is 55.2 Å². The van der Waals surface area contributed by atoms with E-state index in [0.717, 1.165) is 30.4 Å². The van der Waals surface area contributed by atoms with Gasteiger partial charge in [-0.25, -0.2) is 13.8 Å². The number of imidazole rings is 1. The van der Waals surface area contributed by atoms with Crippen molar-refractivity contribution in [2.24, 2.45) is 0 Å². The van der Waals surface area contributed by atoms with E-state index in [-0.39, 0.29) is 23.2 Å². The molecule has 1 aliphatic heterocycles. The number of likely N-dealkylation sites (tertiary alicyclic amines) is 1. The SMILES string of the molecule is O=C(c1ccncc1F)N1CCC[C@H](c2cn(-c3ccc(F)cc3)cn2)C1. The average molecular weight is 368 g/mol. The zero-order valence-corrected chi connectivity index (χ0v) is 14.6. The quantitative estimate of drug-likeness (QED) is 0.710. The summed E-state index contributed by atoms with van der Waals surface area (Å²) in [7, 11) is 0. The first-order valence-corrected chi connectivity index (χ1v) is 8.80. The Bertz CT molecular complexity index is 955. The van der Waals surface area contributed by atoms with Crippen molar-refractivity contribution < 1.29 is 13.6 Å². The fourth-order valence-electron chi connectivity index (χ4n) is 3.43. The number of hydrogen-bond donors (Lipinski definition) is 0. The Hall–Kier alpha value is -3.09. The fraction of sp³-hybridized carbons (Fsp3) is 0.250. The number of benzene rings is 1. The zero-order chi connectivity index (χ0) is 18.8. The summed E-state index contributed by atoms with van der Waals surface area (Å²) >= 11 is 0. The molecule has 5 nitrogen and oxygen atoms in total. The normalized spacial score (nSPS) is 17.1. The van der Waals surface area contributed by atoms with Gasteiger partial charge >= 0.3 is 0 Å². The lowest BCUT2D eigenvalue weighted by atomic mass is 9.95. The van der Waals surface area contributed by atoms with Crippen molar-refractivity contribution >= 4 is 5.91 Å². The smallest absolute Gasteiger partial charge is 0.256 e. The standard InChI is InChI=1S/C20H18F2N4O/c21-15-3-5-16(6-4-15)26-12-19(24-13-26)14-2-1-9-25(11-14)20(27)17-7-8-23-10-18(17)22/h3-8,10,12-14H,1-2,9,11H2/t14-/m0/s1. The van der Waals surface area contributed by atoms with Gasteiger partial charge in [0.15, 0.2) is 5.82 Å². The van der Waals surface area contributed by atoms with Gasteiger partial charge in [-0.3, -0.25) is 9.78 Å². The molecule has 138 valence electrons. The highest BCUT2D eigenvalue weighted by molar-refractivity contribution is 5.94. The number of aromatic nitrogens is 3. The molecule has 0 bridgehead atoms. The maximum atomic E-state index is 13.9. The second-order valence-electron chi connectivity index (χ2n) is 6.63. The third kappa shape index (κ3) is 3.58. The Morgan fingerprint density at radius 2 is 1.96 bits per heavy atom. The monoisotopic (exact) mass is 368 g/mol. The van der Waals surface area contributed by atoms with Gasteiger partial charge in [-0.2, -0.15) is 0 Å². The molecule has 1 aromatic carbocycles. The Balaban J connectivity index is 1.51. The minimum absolute atomic E-state index is 0.0440. The number of nitrogens with zero attached hydrogens (tertiary/aromatic N) is 4. The van der Waals surface area contributed by atoms with Crippen LogP contribution in [0.2, 0.25) is 0 Å². The molecule has 3 aromatic rings. The topological polar surface area (TPSA) is 51.0 Å². The van der Waals surface area contributed by atoms with Crippen LogP contribution in [-0.4, -0.2) is 38.4 Å². The van der Waals surface area contributed by atoms with Crippen LogP contribution in [0.25, 0.3) is 5.69 Å². The third-order valence-electron chi connectivity index (χ3n) is 4.86. The molecule has 1 amide bonds. The van der Waals surface area contributed by atoms with E-state index in [1.165, 1.54) is 24.4 Å². The molecule has 1 aliphatic rings. The van der Waals surface area contributed by atoms with Gasteiger partial charge in [-0.05, 0) is 43.2 Å². The molecule has 27 heavy (non-hydrogen) atoms. The summed E-state index contributed by atoms with van der Waals surface area (Å²) in [6, 6.07) is 7.58. The highest BCUT2D eigenvalue weighted by Crippen LogP contribution is 2.27. The number of rotatable bonds is 3. The lowest BCUT2D eigenvalue weighted by molar-refractivity contribution is 0.0701. The molecule has 0 radical (unpaired) electrons. The van der Waals surface area contributed by atoms with Gasteiger partial charge in [-0.1, -0.05) is 0 Å². The van der Waals surface area contributed by atoms with Crippen molar-refractivity contribution in [2.45, 2.75) is 18.8 Å². The Morgan fingerprint density at radius 3 is 2.74 bits per heavy atom. The first-order valence-electron chi connectivity index (χ1n) is 8.80. The molecule has 2 aromatic heterocycles. The number of carbonyl (C=O) groups is 1. The highest BCUT2D eigenvalue weighted by Gasteiger charge is 2.28. The van der Waals surface area contributed by atoms with Crippen molar-refractivity contribution in [1.29, 1.82) is 0 Å². The van der Waals surface area contributed by atoms with Gasteiger partial charge < -0.3 is 9.47 Å². The van der Waals surface area contributed by atoms with Crippen molar-refractivity contribution in [2.75, 3.05) is 13.1 Å². The second-order valence-corrected chi connectivity index (χ2v) is 6.63. The number of halogens is 2. The largest absolute Gasteiger partial charge is 0.338 e. The van der Waals surface area contributed by atoms with Gasteiger partial charge in [0.1, 0.15) is 5.82 Å². The van der Waals surface area contributed by atoms with E-state index in [2.05, 4.69) is 9.97 Å².